The highest BCUT2D eigenvalue weighted by Gasteiger charge is 2.19. The summed E-state index contributed by atoms with van der Waals surface area (Å²) in [6, 6.07) is 8.65. The molecule has 1 aromatic carbocycles. The molecule has 1 aliphatic heterocycles. The van der Waals surface area contributed by atoms with Gasteiger partial charge < -0.3 is 19.7 Å². The maximum atomic E-state index is 5.65. The lowest BCUT2D eigenvalue weighted by atomic mass is 10.0. The number of fused-ring (bicyclic) bond motifs is 1. The molecule has 2 rings (SSSR count). The summed E-state index contributed by atoms with van der Waals surface area (Å²) < 4.78 is 11.2. The molecule has 0 amide bonds. The van der Waals surface area contributed by atoms with Crippen molar-refractivity contribution in [2.24, 2.45) is 0 Å². The third-order valence-corrected chi connectivity index (χ3v) is 3.28. The van der Waals surface area contributed by atoms with Crippen molar-refractivity contribution >= 4 is 0 Å². The van der Waals surface area contributed by atoms with Crippen LogP contribution >= 0.6 is 0 Å². The van der Waals surface area contributed by atoms with E-state index in [2.05, 4.69) is 36.4 Å². The van der Waals surface area contributed by atoms with Crippen molar-refractivity contribution in [3.05, 3.63) is 29.8 Å². The summed E-state index contributed by atoms with van der Waals surface area (Å²) in [6.07, 6.45) is 1.02. The first kappa shape index (κ1) is 14.3. The molecule has 1 heterocycles. The van der Waals surface area contributed by atoms with Crippen molar-refractivity contribution in [1.82, 2.24) is 10.2 Å². The number of benzene rings is 1. The molecule has 0 aliphatic carbocycles. The molecule has 0 aromatic heterocycles. The Morgan fingerprint density at radius 2 is 2.16 bits per heavy atom. The highest BCUT2D eigenvalue weighted by atomic mass is 16.5. The molecule has 1 N–H and O–H groups in total. The fraction of sp³-hybridized carbons (Fsp3) is 0.600. The molecule has 1 atom stereocenters. The summed E-state index contributed by atoms with van der Waals surface area (Å²) in [6.45, 7) is 4.19. The number of para-hydroxylation sites is 1. The van der Waals surface area contributed by atoms with E-state index in [0.717, 1.165) is 45.1 Å². The molecule has 106 valence electrons. The van der Waals surface area contributed by atoms with Crippen LogP contribution in [-0.4, -0.2) is 51.9 Å². The van der Waals surface area contributed by atoms with Gasteiger partial charge in [-0.05, 0) is 20.2 Å². The first-order chi connectivity index (χ1) is 9.27. The number of nitrogens with one attached hydrogen (secondary N) is 1. The molecular formula is C15H24N2O2. The normalized spacial score (nSPS) is 18.2. The van der Waals surface area contributed by atoms with Crippen molar-refractivity contribution in [3.8, 4) is 5.75 Å². The van der Waals surface area contributed by atoms with Gasteiger partial charge in [-0.25, -0.2) is 0 Å². The summed E-state index contributed by atoms with van der Waals surface area (Å²) in [4.78, 5) is 2.13. The van der Waals surface area contributed by atoms with E-state index in [1.54, 1.807) is 0 Å². The van der Waals surface area contributed by atoms with E-state index in [0.29, 0.717) is 6.04 Å². The van der Waals surface area contributed by atoms with Crippen LogP contribution in [0.3, 0.4) is 0 Å². The minimum Gasteiger partial charge on any atom is -0.493 e. The van der Waals surface area contributed by atoms with Crippen LogP contribution in [0.15, 0.2) is 24.3 Å². The molecular weight excluding hydrogens is 240 g/mol. The Balaban J connectivity index is 1.70. The minimum absolute atomic E-state index is 0.391. The van der Waals surface area contributed by atoms with Gasteiger partial charge in [0.05, 0.1) is 19.8 Å². The molecule has 1 aliphatic rings. The van der Waals surface area contributed by atoms with Crippen molar-refractivity contribution in [2.45, 2.75) is 12.5 Å². The van der Waals surface area contributed by atoms with Crippen LogP contribution < -0.4 is 10.1 Å². The SMILES string of the molecule is CN(C)CCOCCNC1CCOc2ccccc21. The summed E-state index contributed by atoms with van der Waals surface area (Å²) in [5, 5.41) is 3.55. The van der Waals surface area contributed by atoms with Crippen LogP contribution in [0.1, 0.15) is 18.0 Å². The molecule has 4 nitrogen and oxygen atoms in total. The Bertz CT molecular complexity index is 382. The van der Waals surface area contributed by atoms with Gasteiger partial charge >= 0.3 is 0 Å². The average Bonchev–Trinajstić information content (AvgIpc) is 2.42. The lowest BCUT2D eigenvalue weighted by Gasteiger charge is -2.26. The van der Waals surface area contributed by atoms with E-state index in [1.807, 2.05) is 12.1 Å². The van der Waals surface area contributed by atoms with Crippen molar-refractivity contribution < 1.29 is 9.47 Å². The van der Waals surface area contributed by atoms with Gasteiger partial charge in [0.1, 0.15) is 5.75 Å². The topological polar surface area (TPSA) is 33.7 Å². The number of rotatable bonds is 7. The standard InChI is InChI=1S/C15H24N2O2/c1-17(2)9-12-18-11-8-16-14-7-10-19-15-6-4-3-5-13(14)15/h3-6,14,16H,7-12H2,1-2H3. The monoisotopic (exact) mass is 264 g/mol. The lowest BCUT2D eigenvalue weighted by Crippen LogP contribution is -2.30. The molecule has 0 spiro atoms. The van der Waals surface area contributed by atoms with E-state index >= 15 is 0 Å². The highest BCUT2D eigenvalue weighted by Crippen LogP contribution is 2.31. The molecule has 0 fully saturated rings. The molecule has 1 aromatic rings. The van der Waals surface area contributed by atoms with Crippen LogP contribution in [0, 0.1) is 0 Å². The lowest BCUT2D eigenvalue weighted by molar-refractivity contribution is 0.116. The zero-order valence-corrected chi connectivity index (χ0v) is 11.9. The minimum atomic E-state index is 0.391. The van der Waals surface area contributed by atoms with E-state index in [1.165, 1.54) is 5.56 Å². The Kier molecular flexibility index (Phi) is 5.63. The summed E-state index contributed by atoms with van der Waals surface area (Å²) in [5.74, 6) is 1.01. The van der Waals surface area contributed by atoms with Crippen molar-refractivity contribution in [1.29, 1.82) is 0 Å². The van der Waals surface area contributed by atoms with Gasteiger partial charge in [0.25, 0.3) is 0 Å². The summed E-state index contributed by atoms with van der Waals surface area (Å²) in [5.41, 5.74) is 1.27. The van der Waals surface area contributed by atoms with Crippen LogP contribution in [0.25, 0.3) is 0 Å². The molecule has 0 saturated carbocycles. The van der Waals surface area contributed by atoms with Crippen LogP contribution in [0.4, 0.5) is 0 Å². The van der Waals surface area contributed by atoms with Crippen LogP contribution in [0.5, 0.6) is 5.75 Å². The summed E-state index contributed by atoms with van der Waals surface area (Å²) in [7, 11) is 4.11. The Hall–Kier alpha value is -1.10. The number of hydrogen-bond acceptors (Lipinski definition) is 4. The number of hydrogen-bond donors (Lipinski definition) is 1. The maximum Gasteiger partial charge on any atom is 0.124 e. The predicted molar refractivity (Wildman–Crippen MR) is 76.7 cm³/mol. The third kappa shape index (κ3) is 4.49. The second-order valence-corrected chi connectivity index (χ2v) is 5.10. The zero-order chi connectivity index (χ0) is 13.5. The van der Waals surface area contributed by atoms with Gasteiger partial charge in [0, 0.05) is 31.1 Å². The quantitative estimate of drug-likeness (QED) is 0.760. The van der Waals surface area contributed by atoms with E-state index in [-0.39, 0.29) is 0 Å². The molecule has 4 heteroatoms. The number of nitrogens with zero attached hydrogens (tertiary/aromatic N) is 1. The van der Waals surface area contributed by atoms with Crippen molar-refractivity contribution in [3.63, 3.8) is 0 Å². The van der Waals surface area contributed by atoms with Gasteiger partial charge in [0.15, 0.2) is 0 Å². The molecule has 0 bridgehead atoms. The first-order valence-electron chi connectivity index (χ1n) is 6.95. The Morgan fingerprint density at radius 3 is 3.00 bits per heavy atom. The smallest absolute Gasteiger partial charge is 0.124 e. The molecule has 0 radical (unpaired) electrons. The van der Waals surface area contributed by atoms with E-state index < -0.39 is 0 Å². The Labute approximate surface area is 115 Å². The molecule has 1 unspecified atom stereocenters. The van der Waals surface area contributed by atoms with E-state index in [4.69, 9.17) is 9.47 Å². The average molecular weight is 264 g/mol. The van der Waals surface area contributed by atoms with Gasteiger partial charge in [-0.2, -0.15) is 0 Å². The molecule has 0 saturated heterocycles. The van der Waals surface area contributed by atoms with Crippen molar-refractivity contribution in [2.75, 3.05) is 47.0 Å². The fourth-order valence-electron chi connectivity index (χ4n) is 2.21. The maximum absolute atomic E-state index is 5.65. The van der Waals surface area contributed by atoms with Crippen LogP contribution in [-0.2, 0) is 4.74 Å². The zero-order valence-electron chi connectivity index (χ0n) is 11.9. The molecule has 19 heavy (non-hydrogen) atoms. The largest absolute Gasteiger partial charge is 0.493 e. The number of ether oxygens (including phenoxy) is 2. The second-order valence-electron chi connectivity index (χ2n) is 5.10. The predicted octanol–water partition coefficient (Wildman–Crippen LogP) is 1.68. The third-order valence-electron chi connectivity index (χ3n) is 3.28. The second kappa shape index (κ2) is 7.48. The van der Waals surface area contributed by atoms with Gasteiger partial charge in [-0.1, -0.05) is 18.2 Å². The van der Waals surface area contributed by atoms with Crippen LogP contribution in [0.2, 0.25) is 0 Å². The first-order valence-corrected chi connectivity index (χ1v) is 6.95. The Morgan fingerprint density at radius 1 is 1.32 bits per heavy atom. The van der Waals surface area contributed by atoms with E-state index in [9.17, 15) is 0 Å². The highest BCUT2D eigenvalue weighted by molar-refractivity contribution is 5.37. The fourth-order valence-corrected chi connectivity index (χ4v) is 2.21. The van der Waals surface area contributed by atoms with Gasteiger partial charge in [0.2, 0.25) is 0 Å². The number of likely N-dealkylation sites (N-methyl/N-ethyl adjacent to an activating group) is 1. The van der Waals surface area contributed by atoms with Gasteiger partial charge in [-0.15, -0.1) is 0 Å². The van der Waals surface area contributed by atoms with Gasteiger partial charge in [-0.3, -0.25) is 0 Å². The summed E-state index contributed by atoms with van der Waals surface area (Å²) >= 11 is 0.